The number of rotatable bonds is 7. The number of carbonyl (C=O) groups excluding carboxylic acids is 1. The number of hydrogen-bond acceptors (Lipinski definition) is 8. The van der Waals surface area contributed by atoms with Gasteiger partial charge >= 0.3 is 0 Å². The molecule has 4 rings (SSSR count). The second-order valence-electron chi connectivity index (χ2n) is 9.06. The van der Waals surface area contributed by atoms with E-state index < -0.39 is 17.2 Å². The van der Waals surface area contributed by atoms with Crippen LogP contribution in [0.25, 0.3) is 16.6 Å². The Morgan fingerprint density at radius 2 is 2.00 bits per heavy atom. The van der Waals surface area contributed by atoms with E-state index in [9.17, 15) is 18.7 Å². The molecular formula is C23H26F2N8O2. The molecule has 35 heavy (non-hydrogen) atoms. The molecule has 3 heterocycles. The molecule has 12 heteroatoms. The summed E-state index contributed by atoms with van der Waals surface area (Å²) in [7, 11) is 1.70. The minimum absolute atomic E-state index is 0.0492. The van der Waals surface area contributed by atoms with Crippen molar-refractivity contribution in [1.82, 2.24) is 34.7 Å². The molecular weight excluding hydrogens is 458 g/mol. The summed E-state index contributed by atoms with van der Waals surface area (Å²) in [5.41, 5.74) is 5.50. The van der Waals surface area contributed by atoms with Crippen LogP contribution in [0.3, 0.4) is 0 Å². The number of aromatic nitrogens is 6. The zero-order valence-electron chi connectivity index (χ0n) is 19.8. The average molecular weight is 485 g/mol. The van der Waals surface area contributed by atoms with Crippen molar-refractivity contribution < 1.29 is 18.7 Å². The number of benzene rings is 1. The fraction of sp³-hybridized carbons (Fsp3) is 0.391. The molecule has 0 aliphatic heterocycles. The third-order valence-electron chi connectivity index (χ3n) is 5.90. The van der Waals surface area contributed by atoms with Crippen molar-refractivity contribution in [2.24, 2.45) is 0 Å². The van der Waals surface area contributed by atoms with Crippen molar-refractivity contribution in [1.29, 1.82) is 0 Å². The van der Waals surface area contributed by atoms with Crippen molar-refractivity contribution in [3.05, 3.63) is 53.1 Å². The lowest BCUT2D eigenvalue weighted by atomic mass is 10.0. The minimum atomic E-state index is -1.21. The first-order chi connectivity index (χ1) is 16.5. The highest BCUT2D eigenvalue weighted by Gasteiger charge is 2.23. The predicted molar refractivity (Wildman–Crippen MR) is 124 cm³/mol. The van der Waals surface area contributed by atoms with Crippen LogP contribution in [0.4, 0.5) is 14.7 Å². The SMILES string of the molecule is C[C@@H](CCCc1nc2c3cc(F)cc(F)c3nc(N)n2n1)N(C)C(=O)c1cnnc(C(C)(C)O)c1. The first kappa shape index (κ1) is 24.3. The van der Waals surface area contributed by atoms with E-state index in [1.807, 2.05) is 6.92 Å². The van der Waals surface area contributed by atoms with Gasteiger partial charge in [-0.3, -0.25) is 4.79 Å². The van der Waals surface area contributed by atoms with Gasteiger partial charge in [-0.25, -0.2) is 18.7 Å². The Hall–Kier alpha value is -3.80. The quantitative estimate of drug-likeness (QED) is 0.409. The largest absolute Gasteiger partial charge is 0.384 e. The zero-order chi connectivity index (χ0) is 25.5. The summed E-state index contributed by atoms with van der Waals surface area (Å²) >= 11 is 0. The van der Waals surface area contributed by atoms with E-state index in [-0.39, 0.29) is 34.4 Å². The number of amides is 1. The Morgan fingerprint density at radius 3 is 2.71 bits per heavy atom. The number of nitrogens with zero attached hydrogens (tertiary/aromatic N) is 7. The van der Waals surface area contributed by atoms with Crippen LogP contribution in [-0.2, 0) is 12.0 Å². The fourth-order valence-electron chi connectivity index (χ4n) is 3.74. The summed E-state index contributed by atoms with van der Waals surface area (Å²) in [5.74, 6) is -1.40. The number of nitrogen functional groups attached to an aromatic ring is 1. The average Bonchev–Trinajstić information content (AvgIpc) is 3.23. The zero-order valence-corrected chi connectivity index (χ0v) is 19.8. The molecule has 0 radical (unpaired) electrons. The van der Waals surface area contributed by atoms with E-state index >= 15 is 0 Å². The number of hydrogen-bond donors (Lipinski definition) is 2. The van der Waals surface area contributed by atoms with Crippen LogP contribution >= 0.6 is 0 Å². The van der Waals surface area contributed by atoms with Gasteiger partial charge in [-0.1, -0.05) is 0 Å². The molecule has 0 saturated carbocycles. The Morgan fingerprint density at radius 1 is 1.26 bits per heavy atom. The van der Waals surface area contributed by atoms with Crippen molar-refractivity contribution >= 4 is 28.4 Å². The van der Waals surface area contributed by atoms with Crippen LogP contribution in [0.1, 0.15) is 55.5 Å². The summed E-state index contributed by atoms with van der Waals surface area (Å²) in [6.07, 6.45) is 3.13. The third-order valence-corrected chi connectivity index (χ3v) is 5.90. The molecule has 3 N–H and O–H groups in total. The lowest BCUT2D eigenvalue weighted by Crippen LogP contribution is -2.35. The van der Waals surface area contributed by atoms with Gasteiger partial charge in [0.05, 0.1) is 22.8 Å². The Kier molecular flexibility index (Phi) is 6.32. The van der Waals surface area contributed by atoms with E-state index in [1.54, 1.807) is 25.8 Å². The highest BCUT2D eigenvalue weighted by molar-refractivity contribution is 5.94. The van der Waals surface area contributed by atoms with Gasteiger partial charge in [0.1, 0.15) is 16.9 Å². The van der Waals surface area contributed by atoms with E-state index in [0.29, 0.717) is 36.3 Å². The van der Waals surface area contributed by atoms with E-state index in [0.717, 1.165) is 12.1 Å². The van der Waals surface area contributed by atoms with Crippen LogP contribution in [0.5, 0.6) is 0 Å². The fourth-order valence-corrected chi connectivity index (χ4v) is 3.74. The number of nitrogens with two attached hydrogens (primary N) is 1. The first-order valence-electron chi connectivity index (χ1n) is 11.1. The van der Waals surface area contributed by atoms with E-state index in [1.165, 1.54) is 16.8 Å². The normalized spacial score (nSPS) is 12.9. The van der Waals surface area contributed by atoms with Gasteiger partial charge in [0.15, 0.2) is 17.3 Å². The summed E-state index contributed by atoms with van der Waals surface area (Å²) in [6.45, 7) is 5.07. The lowest BCUT2D eigenvalue weighted by Gasteiger charge is -2.25. The summed E-state index contributed by atoms with van der Waals surface area (Å²) in [5, 5.41) is 22.4. The van der Waals surface area contributed by atoms with Gasteiger partial charge in [0.25, 0.3) is 5.91 Å². The molecule has 0 fully saturated rings. The van der Waals surface area contributed by atoms with Crippen LogP contribution in [0.15, 0.2) is 24.4 Å². The topological polar surface area (TPSA) is 135 Å². The summed E-state index contributed by atoms with van der Waals surface area (Å²) in [4.78, 5) is 22.9. The van der Waals surface area contributed by atoms with E-state index in [4.69, 9.17) is 5.73 Å². The molecule has 0 saturated heterocycles. The summed E-state index contributed by atoms with van der Waals surface area (Å²) < 4.78 is 29.2. The molecule has 3 aromatic heterocycles. The Bertz CT molecular complexity index is 1420. The molecule has 1 amide bonds. The van der Waals surface area contributed by atoms with Crippen molar-refractivity contribution in [3.8, 4) is 0 Å². The molecule has 0 bridgehead atoms. The van der Waals surface area contributed by atoms with Crippen LogP contribution < -0.4 is 5.73 Å². The second-order valence-corrected chi connectivity index (χ2v) is 9.06. The Labute approximate surface area is 199 Å². The predicted octanol–water partition coefficient (Wildman–Crippen LogP) is 2.64. The van der Waals surface area contributed by atoms with Gasteiger partial charge in [0.2, 0.25) is 5.95 Å². The van der Waals surface area contributed by atoms with Gasteiger partial charge in [-0.15, -0.1) is 5.10 Å². The molecule has 184 valence electrons. The highest BCUT2D eigenvalue weighted by atomic mass is 19.1. The maximum atomic E-state index is 14.1. The molecule has 0 aliphatic carbocycles. The second kappa shape index (κ2) is 9.10. The molecule has 4 aromatic rings. The minimum Gasteiger partial charge on any atom is -0.384 e. The summed E-state index contributed by atoms with van der Waals surface area (Å²) in [6, 6.07) is 3.32. The number of aliphatic hydroxyl groups is 1. The van der Waals surface area contributed by atoms with Crippen molar-refractivity contribution in [2.75, 3.05) is 12.8 Å². The molecule has 10 nitrogen and oxygen atoms in total. The first-order valence-corrected chi connectivity index (χ1v) is 11.1. The van der Waals surface area contributed by atoms with Gasteiger partial charge < -0.3 is 15.7 Å². The molecule has 1 aromatic carbocycles. The number of anilines is 1. The highest BCUT2D eigenvalue weighted by Crippen LogP contribution is 2.24. The van der Waals surface area contributed by atoms with Crippen molar-refractivity contribution in [3.63, 3.8) is 0 Å². The van der Waals surface area contributed by atoms with Crippen LogP contribution in [0, 0.1) is 11.6 Å². The molecule has 0 aliphatic rings. The van der Waals surface area contributed by atoms with Gasteiger partial charge in [0, 0.05) is 25.6 Å². The molecule has 1 atom stereocenters. The number of halogens is 2. The standard InChI is InChI=1S/C23H26F2N8O2/c1-12(32(4)21(34)13-8-17(23(2,3)35)30-27-11-13)6-5-7-18-28-20-15-9-14(24)10-16(25)19(15)29-22(26)33(20)31-18/h8-12,35H,5-7H2,1-4H3,(H2,26,29)/t12-/m0/s1. The third kappa shape index (κ3) is 4.87. The van der Waals surface area contributed by atoms with Gasteiger partial charge in [-0.2, -0.15) is 14.7 Å². The van der Waals surface area contributed by atoms with E-state index in [2.05, 4.69) is 25.3 Å². The van der Waals surface area contributed by atoms with Crippen LogP contribution in [0.2, 0.25) is 0 Å². The maximum Gasteiger partial charge on any atom is 0.255 e. The smallest absolute Gasteiger partial charge is 0.255 e. The van der Waals surface area contributed by atoms with Gasteiger partial charge in [-0.05, 0) is 45.7 Å². The number of fused-ring (bicyclic) bond motifs is 3. The lowest BCUT2D eigenvalue weighted by molar-refractivity contribution is 0.0707. The molecule has 0 unspecified atom stereocenters. The number of aryl methyl sites for hydroxylation is 1. The van der Waals surface area contributed by atoms with Crippen molar-refractivity contribution in [2.45, 2.75) is 51.7 Å². The maximum absolute atomic E-state index is 14.1. The Balaban J connectivity index is 1.45. The molecule has 0 spiro atoms. The number of carbonyl (C=O) groups is 1. The van der Waals surface area contributed by atoms with Crippen LogP contribution in [-0.4, -0.2) is 58.8 Å². The monoisotopic (exact) mass is 484 g/mol.